The molecule has 1 saturated heterocycles. The minimum Gasteiger partial charge on any atom is -0.298 e. The van der Waals surface area contributed by atoms with E-state index >= 15 is 0 Å². The first-order chi connectivity index (χ1) is 10.1. The van der Waals surface area contributed by atoms with Crippen LogP contribution in [0.3, 0.4) is 0 Å². The zero-order chi connectivity index (χ0) is 15.0. The highest BCUT2D eigenvalue weighted by Gasteiger charge is 2.44. The van der Waals surface area contributed by atoms with Gasteiger partial charge in [0.2, 0.25) is 0 Å². The molecule has 1 heterocycles. The van der Waals surface area contributed by atoms with Crippen LogP contribution in [0.2, 0.25) is 0 Å². The van der Waals surface area contributed by atoms with Gasteiger partial charge in [0.15, 0.2) is 0 Å². The van der Waals surface area contributed by atoms with Gasteiger partial charge in [-0.25, -0.2) is 0 Å². The van der Waals surface area contributed by atoms with Crippen molar-refractivity contribution in [1.82, 2.24) is 9.80 Å². The highest BCUT2D eigenvalue weighted by Crippen LogP contribution is 2.36. The van der Waals surface area contributed by atoms with Crippen LogP contribution in [0, 0.1) is 5.92 Å². The Kier molecular flexibility index (Phi) is 4.92. The van der Waals surface area contributed by atoms with Crippen molar-refractivity contribution in [3.05, 3.63) is 0 Å². The molecule has 3 nitrogen and oxygen atoms in total. The van der Waals surface area contributed by atoms with Gasteiger partial charge < -0.3 is 0 Å². The predicted molar refractivity (Wildman–Crippen MR) is 86.6 cm³/mol. The van der Waals surface area contributed by atoms with E-state index in [0.717, 1.165) is 25.7 Å². The topological polar surface area (TPSA) is 23.6 Å². The number of fused-ring (bicyclic) bond motifs is 1. The fraction of sp³-hybridized carbons (Fsp3) is 0.941. The monoisotopic (exact) mass is 312 g/mol. The minimum atomic E-state index is 0.264. The number of halogens is 1. The number of carbonyl (C=O) groups excluding carboxylic acids is 1. The first kappa shape index (κ1) is 15.8. The summed E-state index contributed by atoms with van der Waals surface area (Å²) in [5.41, 5.74) is 0. The van der Waals surface area contributed by atoms with Crippen LogP contribution in [0.15, 0.2) is 0 Å². The maximum Gasteiger partial charge on any atom is 0.149 e. The number of Topliss-reactive ketones (excluding diaryl/α,β-unsaturated/α-hetero) is 1. The van der Waals surface area contributed by atoms with E-state index < -0.39 is 0 Å². The van der Waals surface area contributed by atoms with E-state index in [1.54, 1.807) is 0 Å². The molecule has 2 saturated carbocycles. The van der Waals surface area contributed by atoms with E-state index in [4.69, 9.17) is 11.6 Å². The number of likely N-dealkylation sites (N-methyl/N-ethyl adjacent to an activating group) is 1. The molecule has 3 atom stereocenters. The molecule has 3 fully saturated rings. The van der Waals surface area contributed by atoms with Gasteiger partial charge in [-0.1, -0.05) is 12.8 Å². The van der Waals surface area contributed by atoms with E-state index in [-0.39, 0.29) is 5.92 Å². The van der Waals surface area contributed by atoms with Gasteiger partial charge >= 0.3 is 0 Å². The van der Waals surface area contributed by atoms with Crippen molar-refractivity contribution < 1.29 is 4.79 Å². The molecule has 0 aromatic heterocycles. The van der Waals surface area contributed by atoms with Crippen LogP contribution in [0.1, 0.15) is 58.3 Å². The third-order valence-corrected chi connectivity index (χ3v) is 6.60. The summed E-state index contributed by atoms with van der Waals surface area (Å²) in [5, 5.41) is 0.300. The molecule has 21 heavy (non-hydrogen) atoms. The molecule has 2 aliphatic carbocycles. The van der Waals surface area contributed by atoms with E-state index in [1.807, 2.05) is 0 Å². The number of rotatable bonds is 3. The van der Waals surface area contributed by atoms with Crippen LogP contribution in [0.4, 0.5) is 0 Å². The van der Waals surface area contributed by atoms with Gasteiger partial charge in [0.1, 0.15) is 5.78 Å². The average Bonchev–Trinajstić information content (AvgIpc) is 2.73. The highest BCUT2D eigenvalue weighted by atomic mass is 35.5. The normalized spacial score (nSPS) is 42.0. The third-order valence-electron chi connectivity index (χ3n) is 6.16. The average molecular weight is 313 g/mol. The zero-order valence-corrected chi connectivity index (χ0v) is 14.2. The molecule has 3 aliphatic rings. The van der Waals surface area contributed by atoms with Gasteiger partial charge in [0.25, 0.3) is 0 Å². The molecule has 3 unspecified atom stereocenters. The van der Waals surface area contributed by atoms with Crippen molar-refractivity contribution in [2.75, 3.05) is 13.6 Å². The Balaban J connectivity index is 1.62. The lowest BCUT2D eigenvalue weighted by Crippen LogP contribution is -2.44. The Morgan fingerprint density at radius 2 is 1.67 bits per heavy atom. The fourth-order valence-corrected chi connectivity index (χ4v) is 4.93. The van der Waals surface area contributed by atoms with E-state index in [1.165, 1.54) is 25.7 Å². The van der Waals surface area contributed by atoms with E-state index in [9.17, 15) is 4.79 Å². The van der Waals surface area contributed by atoms with Gasteiger partial charge in [-0.3, -0.25) is 14.6 Å². The third kappa shape index (κ3) is 3.16. The van der Waals surface area contributed by atoms with Crippen molar-refractivity contribution in [1.29, 1.82) is 0 Å². The summed E-state index contributed by atoms with van der Waals surface area (Å²) in [6, 6.07) is 1.27. The number of ketones is 1. The summed E-state index contributed by atoms with van der Waals surface area (Å²) in [5.74, 6) is 0.727. The van der Waals surface area contributed by atoms with Crippen molar-refractivity contribution in [2.45, 2.75) is 81.9 Å². The molecule has 3 rings (SSSR count). The van der Waals surface area contributed by atoms with Crippen LogP contribution in [0.5, 0.6) is 0 Å². The molecule has 0 spiro atoms. The maximum atomic E-state index is 12.7. The Labute approximate surface area is 134 Å². The van der Waals surface area contributed by atoms with Crippen LogP contribution in [-0.4, -0.2) is 52.8 Å². The molecule has 0 aromatic carbocycles. The lowest BCUT2D eigenvalue weighted by molar-refractivity contribution is -0.125. The standard InChI is InChI=1S/C17H29ClN2O/c1-12-19(2)15-5-3-4-6-16(15)20(12)11-17(21)13-7-9-14(18)10-8-13/h12-16H,3-11H2,1-2H3. The lowest BCUT2D eigenvalue weighted by Gasteiger charge is -2.33. The predicted octanol–water partition coefficient (Wildman–Crippen LogP) is 3.26. The second kappa shape index (κ2) is 6.55. The van der Waals surface area contributed by atoms with E-state index in [0.29, 0.717) is 36.0 Å². The zero-order valence-electron chi connectivity index (χ0n) is 13.4. The molecular formula is C17H29ClN2O. The fourth-order valence-electron chi connectivity index (χ4n) is 4.67. The quantitative estimate of drug-likeness (QED) is 0.747. The summed E-state index contributed by atoms with van der Waals surface area (Å²) in [6.07, 6.45) is 9.67. The number of carbonyl (C=O) groups is 1. The molecule has 0 N–H and O–H groups in total. The Hall–Kier alpha value is -0.120. The summed E-state index contributed by atoms with van der Waals surface area (Å²) in [7, 11) is 2.23. The largest absolute Gasteiger partial charge is 0.298 e. The Bertz CT molecular complexity index is 381. The van der Waals surface area contributed by atoms with Crippen LogP contribution in [0.25, 0.3) is 0 Å². The SMILES string of the molecule is CC1N(C)C2CCCCC2N1CC(=O)C1CCC(Cl)CC1. The van der Waals surface area contributed by atoms with Crippen LogP contribution in [-0.2, 0) is 4.79 Å². The van der Waals surface area contributed by atoms with Crippen molar-refractivity contribution in [2.24, 2.45) is 5.92 Å². The summed E-state index contributed by atoms with van der Waals surface area (Å²) >= 11 is 6.16. The molecule has 120 valence electrons. The molecule has 0 aromatic rings. The lowest BCUT2D eigenvalue weighted by atomic mass is 9.85. The smallest absolute Gasteiger partial charge is 0.149 e. The summed E-state index contributed by atoms with van der Waals surface area (Å²) < 4.78 is 0. The van der Waals surface area contributed by atoms with Crippen molar-refractivity contribution in [3.8, 4) is 0 Å². The van der Waals surface area contributed by atoms with Gasteiger partial charge in [0.05, 0.1) is 12.7 Å². The van der Waals surface area contributed by atoms with Gasteiger partial charge in [0, 0.05) is 23.4 Å². The molecule has 0 amide bonds. The first-order valence-corrected chi connectivity index (χ1v) is 9.16. The highest BCUT2D eigenvalue weighted by molar-refractivity contribution is 6.20. The molecule has 1 aliphatic heterocycles. The van der Waals surface area contributed by atoms with Crippen molar-refractivity contribution in [3.63, 3.8) is 0 Å². The number of hydrogen-bond donors (Lipinski definition) is 0. The maximum absolute atomic E-state index is 12.7. The van der Waals surface area contributed by atoms with Crippen molar-refractivity contribution >= 4 is 17.4 Å². The Morgan fingerprint density at radius 1 is 1.05 bits per heavy atom. The molecule has 4 heteroatoms. The molecule has 0 radical (unpaired) electrons. The summed E-state index contributed by atoms with van der Waals surface area (Å²) in [6.45, 7) is 2.92. The van der Waals surface area contributed by atoms with E-state index in [2.05, 4.69) is 23.8 Å². The minimum absolute atomic E-state index is 0.264. The van der Waals surface area contributed by atoms with Gasteiger partial charge in [-0.05, 0) is 52.5 Å². The molecule has 0 bridgehead atoms. The number of nitrogens with zero attached hydrogens (tertiary/aromatic N) is 2. The van der Waals surface area contributed by atoms with Crippen LogP contribution >= 0.6 is 11.6 Å². The van der Waals surface area contributed by atoms with Gasteiger partial charge in [-0.15, -0.1) is 11.6 Å². The number of hydrogen-bond acceptors (Lipinski definition) is 3. The number of alkyl halides is 1. The van der Waals surface area contributed by atoms with Crippen LogP contribution < -0.4 is 0 Å². The molecular weight excluding hydrogens is 284 g/mol. The second-order valence-corrected chi connectivity index (χ2v) is 7.92. The Morgan fingerprint density at radius 3 is 2.33 bits per heavy atom. The second-order valence-electron chi connectivity index (χ2n) is 7.30. The first-order valence-electron chi connectivity index (χ1n) is 8.72. The summed E-state index contributed by atoms with van der Waals surface area (Å²) in [4.78, 5) is 17.7. The van der Waals surface area contributed by atoms with Gasteiger partial charge in [-0.2, -0.15) is 0 Å².